The van der Waals surface area contributed by atoms with Crippen LogP contribution in [0, 0.1) is 6.92 Å². The Kier molecular flexibility index (Phi) is 7.82. The van der Waals surface area contributed by atoms with Crippen LogP contribution in [0.15, 0.2) is 41.6 Å². The lowest BCUT2D eigenvalue weighted by molar-refractivity contribution is -0.118. The molecule has 0 aliphatic carbocycles. The van der Waals surface area contributed by atoms with Crippen LogP contribution in [-0.4, -0.2) is 54.9 Å². The fourth-order valence-electron chi connectivity index (χ4n) is 3.07. The Balaban J connectivity index is 1.65. The van der Waals surface area contributed by atoms with Crippen molar-refractivity contribution in [3.05, 3.63) is 47.8 Å². The first-order valence-corrected chi connectivity index (χ1v) is 10.7. The maximum Gasteiger partial charge on any atom is 0.230 e. The molecule has 1 amide bonds. The number of hydrogen-bond acceptors (Lipinski definition) is 8. The number of methoxy groups -OCH3 is 4. The number of thioether (sulfide) groups is 1. The summed E-state index contributed by atoms with van der Waals surface area (Å²) in [6.07, 6.45) is 0. The van der Waals surface area contributed by atoms with Crippen molar-refractivity contribution in [3.8, 4) is 28.7 Å². The van der Waals surface area contributed by atoms with E-state index >= 15 is 0 Å². The van der Waals surface area contributed by atoms with E-state index in [2.05, 4.69) is 15.5 Å². The number of amides is 1. The quantitative estimate of drug-likeness (QED) is 0.463. The van der Waals surface area contributed by atoms with Crippen molar-refractivity contribution in [1.29, 1.82) is 0 Å². The van der Waals surface area contributed by atoms with Crippen LogP contribution in [0.4, 0.5) is 0 Å². The molecule has 0 atom stereocenters. The number of carbonyl (C=O) groups excluding carboxylic acids is 1. The monoisotopic (exact) mass is 458 g/mol. The Morgan fingerprint density at radius 3 is 2.22 bits per heavy atom. The van der Waals surface area contributed by atoms with E-state index in [1.807, 2.05) is 35.8 Å². The van der Waals surface area contributed by atoms with Crippen molar-refractivity contribution >= 4 is 17.7 Å². The molecule has 170 valence electrons. The summed E-state index contributed by atoms with van der Waals surface area (Å²) < 4.78 is 23.1. The molecular weight excluding hydrogens is 432 g/mol. The zero-order valence-corrected chi connectivity index (χ0v) is 19.5. The van der Waals surface area contributed by atoms with E-state index in [9.17, 15) is 4.79 Å². The molecule has 0 radical (unpaired) electrons. The minimum absolute atomic E-state index is 0.145. The molecule has 9 nitrogen and oxygen atoms in total. The summed E-state index contributed by atoms with van der Waals surface area (Å²) in [5.41, 5.74) is 1.67. The van der Waals surface area contributed by atoms with Gasteiger partial charge in [0.25, 0.3) is 0 Å². The molecule has 0 saturated heterocycles. The Hall–Kier alpha value is -3.40. The van der Waals surface area contributed by atoms with Gasteiger partial charge in [-0.3, -0.25) is 9.36 Å². The number of hydrogen-bond donors (Lipinski definition) is 1. The molecule has 0 unspecified atom stereocenters. The lowest BCUT2D eigenvalue weighted by Crippen LogP contribution is -2.25. The van der Waals surface area contributed by atoms with Gasteiger partial charge in [0.05, 0.1) is 34.2 Å². The number of benzene rings is 2. The molecular formula is C22H26N4O5S. The van der Waals surface area contributed by atoms with E-state index < -0.39 is 0 Å². The number of aromatic nitrogens is 3. The van der Waals surface area contributed by atoms with Crippen molar-refractivity contribution in [3.63, 3.8) is 0 Å². The second-order valence-corrected chi connectivity index (χ2v) is 7.59. The maximum absolute atomic E-state index is 12.5. The Labute approximate surface area is 191 Å². The van der Waals surface area contributed by atoms with Crippen LogP contribution in [0.2, 0.25) is 0 Å². The summed E-state index contributed by atoms with van der Waals surface area (Å²) >= 11 is 1.31. The zero-order chi connectivity index (χ0) is 23.1. The molecule has 3 rings (SSSR count). The molecule has 0 saturated carbocycles. The molecule has 10 heteroatoms. The van der Waals surface area contributed by atoms with Gasteiger partial charge >= 0.3 is 0 Å². The van der Waals surface area contributed by atoms with Crippen LogP contribution in [0.1, 0.15) is 11.4 Å². The van der Waals surface area contributed by atoms with Crippen LogP contribution in [0.5, 0.6) is 23.0 Å². The van der Waals surface area contributed by atoms with Crippen molar-refractivity contribution in [2.24, 2.45) is 0 Å². The SMILES string of the molecule is COc1ccc(-n2c(C)nnc2SCC(=O)NCc2cc(OC)c(OC)cc2OC)cc1. The van der Waals surface area contributed by atoms with Crippen LogP contribution in [0.3, 0.4) is 0 Å². The molecule has 1 N–H and O–H groups in total. The molecule has 0 fully saturated rings. The molecule has 0 spiro atoms. The smallest absolute Gasteiger partial charge is 0.230 e. The van der Waals surface area contributed by atoms with Gasteiger partial charge in [-0.15, -0.1) is 10.2 Å². The molecule has 0 aliphatic rings. The fourth-order valence-corrected chi connectivity index (χ4v) is 3.90. The molecule has 1 aromatic heterocycles. The average Bonchev–Trinajstić information content (AvgIpc) is 3.20. The number of aryl methyl sites for hydroxylation is 1. The third kappa shape index (κ3) is 5.25. The highest BCUT2D eigenvalue weighted by Crippen LogP contribution is 2.34. The van der Waals surface area contributed by atoms with Gasteiger partial charge in [-0.25, -0.2) is 0 Å². The van der Waals surface area contributed by atoms with Gasteiger partial charge in [-0.05, 0) is 37.3 Å². The highest BCUT2D eigenvalue weighted by molar-refractivity contribution is 7.99. The molecule has 0 aliphatic heterocycles. The lowest BCUT2D eigenvalue weighted by atomic mass is 10.1. The van der Waals surface area contributed by atoms with E-state index in [0.717, 1.165) is 22.8 Å². The second kappa shape index (κ2) is 10.8. The summed E-state index contributed by atoms with van der Waals surface area (Å²) in [5, 5.41) is 11.9. The Morgan fingerprint density at radius 2 is 1.59 bits per heavy atom. The fraction of sp³-hybridized carbons (Fsp3) is 0.318. The summed E-state index contributed by atoms with van der Waals surface area (Å²) in [6, 6.07) is 11.1. The van der Waals surface area contributed by atoms with Crippen molar-refractivity contribution < 1.29 is 23.7 Å². The first-order chi connectivity index (χ1) is 15.5. The standard InChI is InChI=1S/C22H26N4O5S/c1-14-24-25-22(26(14)16-6-8-17(28-2)9-7-16)32-13-21(27)23-12-15-10-19(30-4)20(31-5)11-18(15)29-3/h6-11H,12-13H2,1-5H3,(H,23,27). The largest absolute Gasteiger partial charge is 0.497 e. The molecule has 3 aromatic rings. The van der Waals surface area contributed by atoms with Gasteiger partial charge in [0.15, 0.2) is 16.7 Å². The number of ether oxygens (including phenoxy) is 4. The summed E-state index contributed by atoms with van der Waals surface area (Å²) in [6.45, 7) is 2.15. The van der Waals surface area contributed by atoms with Crippen LogP contribution in [0.25, 0.3) is 5.69 Å². The second-order valence-electron chi connectivity index (χ2n) is 6.65. The van der Waals surface area contributed by atoms with E-state index in [0.29, 0.717) is 22.4 Å². The minimum Gasteiger partial charge on any atom is -0.497 e. The first-order valence-electron chi connectivity index (χ1n) is 9.75. The van der Waals surface area contributed by atoms with Crippen molar-refractivity contribution in [2.75, 3.05) is 34.2 Å². The number of carbonyl (C=O) groups is 1. The predicted octanol–water partition coefficient (Wildman–Crippen LogP) is 3.02. The number of nitrogens with zero attached hydrogens (tertiary/aromatic N) is 3. The molecule has 1 heterocycles. The van der Waals surface area contributed by atoms with E-state index in [1.165, 1.54) is 11.8 Å². The third-order valence-electron chi connectivity index (χ3n) is 4.72. The average molecular weight is 459 g/mol. The summed E-state index contributed by atoms with van der Waals surface area (Å²) in [7, 11) is 6.31. The van der Waals surface area contributed by atoms with Crippen LogP contribution >= 0.6 is 11.8 Å². The van der Waals surface area contributed by atoms with Gasteiger partial charge in [0, 0.05) is 23.9 Å². The van der Waals surface area contributed by atoms with Gasteiger partial charge in [-0.2, -0.15) is 0 Å². The van der Waals surface area contributed by atoms with E-state index in [1.54, 1.807) is 40.6 Å². The van der Waals surface area contributed by atoms with E-state index in [4.69, 9.17) is 18.9 Å². The Morgan fingerprint density at radius 1 is 0.938 bits per heavy atom. The molecule has 32 heavy (non-hydrogen) atoms. The number of rotatable bonds is 10. The normalized spacial score (nSPS) is 10.5. The van der Waals surface area contributed by atoms with Crippen LogP contribution < -0.4 is 24.3 Å². The molecule has 0 bridgehead atoms. The number of nitrogens with one attached hydrogen (secondary N) is 1. The van der Waals surface area contributed by atoms with Crippen molar-refractivity contribution in [2.45, 2.75) is 18.6 Å². The highest BCUT2D eigenvalue weighted by atomic mass is 32.2. The van der Waals surface area contributed by atoms with Crippen molar-refractivity contribution in [1.82, 2.24) is 20.1 Å². The van der Waals surface area contributed by atoms with Gasteiger partial charge in [0.1, 0.15) is 17.3 Å². The third-order valence-corrected chi connectivity index (χ3v) is 5.65. The summed E-state index contributed by atoms with van der Waals surface area (Å²) in [5.74, 6) is 3.26. The van der Waals surface area contributed by atoms with Gasteiger partial charge in [0.2, 0.25) is 5.91 Å². The Bertz CT molecular complexity index is 1070. The first kappa shape index (κ1) is 23.3. The zero-order valence-electron chi connectivity index (χ0n) is 18.7. The molecule has 2 aromatic carbocycles. The van der Waals surface area contributed by atoms with Gasteiger partial charge < -0.3 is 24.3 Å². The highest BCUT2D eigenvalue weighted by Gasteiger charge is 2.15. The van der Waals surface area contributed by atoms with Crippen LogP contribution in [-0.2, 0) is 11.3 Å². The topological polar surface area (TPSA) is 96.7 Å². The lowest BCUT2D eigenvalue weighted by Gasteiger charge is -2.14. The maximum atomic E-state index is 12.5. The minimum atomic E-state index is -0.145. The summed E-state index contributed by atoms with van der Waals surface area (Å²) in [4.78, 5) is 12.5. The predicted molar refractivity (Wildman–Crippen MR) is 121 cm³/mol. The van der Waals surface area contributed by atoms with E-state index in [-0.39, 0.29) is 18.2 Å². The van der Waals surface area contributed by atoms with Gasteiger partial charge in [-0.1, -0.05) is 11.8 Å².